The lowest BCUT2D eigenvalue weighted by atomic mass is 10.2. The van der Waals surface area contributed by atoms with Crippen LogP contribution in [0.15, 0.2) is 11.6 Å². The predicted molar refractivity (Wildman–Crippen MR) is 48.7 cm³/mol. The molecule has 12 heavy (non-hydrogen) atoms. The second-order valence-electron chi connectivity index (χ2n) is 3.73. The van der Waals surface area contributed by atoms with Crippen LogP contribution in [0.1, 0.15) is 27.7 Å². The SMILES string of the molecule is C/C(=C\C(=O)OC(C)(C)C)CN. The molecule has 0 aromatic carbocycles. The highest BCUT2D eigenvalue weighted by atomic mass is 16.6. The molecule has 0 rings (SSSR count). The molecule has 0 spiro atoms. The second kappa shape index (κ2) is 4.26. The molecule has 0 bridgehead atoms. The molecule has 0 saturated carbocycles. The maximum Gasteiger partial charge on any atom is 0.331 e. The minimum atomic E-state index is -0.428. The first-order valence-electron chi connectivity index (χ1n) is 3.95. The fourth-order valence-electron chi connectivity index (χ4n) is 0.591. The smallest absolute Gasteiger partial charge is 0.331 e. The first-order valence-corrected chi connectivity index (χ1v) is 3.95. The van der Waals surface area contributed by atoms with Gasteiger partial charge in [-0.25, -0.2) is 4.79 Å². The van der Waals surface area contributed by atoms with Gasteiger partial charge in [-0.05, 0) is 27.7 Å². The van der Waals surface area contributed by atoms with Gasteiger partial charge in [-0.15, -0.1) is 0 Å². The van der Waals surface area contributed by atoms with Crippen LogP contribution in [0.3, 0.4) is 0 Å². The standard InChI is InChI=1S/C9H17NO2/c1-7(6-10)5-8(11)12-9(2,3)4/h5H,6,10H2,1-4H3/b7-5+. The summed E-state index contributed by atoms with van der Waals surface area (Å²) in [6.45, 7) is 7.67. The normalized spacial score (nSPS) is 12.9. The highest BCUT2D eigenvalue weighted by molar-refractivity contribution is 5.83. The van der Waals surface area contributed by atoms with E-state index in [9.17, 15) is 4.79 Å². The summed E-state index contributed by atoms with van der Waals surface area (Å²) in [5.74, 6) is -0.328. The Balaban J connectivity index is 4.08. The van der Waals surface area contributed by atoms with E-state index in [1.54, 1.807) is 6.92 Å². The molecule has 0 radical (unpaired) electrons. The molecule has 0 heterocycles. The minimum absolute atomic E-state index is 0.328. The van der Waals surface area contributed by atoms with Gasteiger partial charge in [-0.1, -0.05) is 5.57 Å². The molecule has 3 heteroatoms. The van der Waals surface area contributed by atoms with Crippen molar-refractivity contribution in [1.82, 2.24) is 0 Å². The van der Waals surface area contributed by atoms with Crippen molar-refractivity contribution < 1.29 is 9.53 Å². The molecule has 0 aromatic heterocycles. The van der Waals surface area contributed by atoms with Gasteiger partial charge in [0.25, 0.3) is 0 Å². The van der Waals surface area contributed by atoms with Gasteiger partial charge in [0, 0.05) is 12.6 Å². The fraction of sp³-hybridized carbons (Fsp3) is 0.667. The van der Waals surface area contributed by atoms with E-state index in [0.717, 1.165) is 5.57 Å². The molecule has 0 aliphatic carbocycles. The zero-order chi connectivity index (χ0) is 9.78. The highest BCUT2D eigenvalue weighted by Gasteiger charge is 2.14. The summed E-state index contributed by atoms with van der Waals surface area (Å²) in [5.41, 5.74) is 5.70. The van der Waals surface area contributed by atoms with E-state index in [1.807, 2.05) is 20.8 Å². The van der Waals surface area contributed by atoms with Crippen LogP contribution in [-0.2, 0) is 9.53 Å². The largest absolute Gasteiger partial charge is 0.457 e. The molecular weight excluding hydrogens is 154 g/mol. The van der Waals surface area contributed by atoms with Gasteiger partial charge >= 0.3 is 5.97 Å². The van der Waals surface area contributed by atoms with Crippen molar-refractivity contribution in [2.75, 3.05) is 6.54 Å². The lowest BCUT2D eigenvalue weighted by Gasteiger charge is -2.18. The average Bonchev–Trinajstić information content (AvgIpc) is 1.82. The van der Waals surface area contributed by atoms with Crippen LogP contribution in [0.25, 0.3) is 0 Å². The van der Waals surface area contributed by atoms with Gasteiger partial charge in [0.2, 0.25) is 0 Å². The van der Waals surface area contributed by atoms with E-state index in [-0.39, 0.29) is 5.97 Å². The number of nitrogens with two attached hydrogens (primary N) is 1. The number of ether oxygens (including phenoxy) is 1. The van der Waals surface area contributed by atoms with Crippen LogP contribution in [-0.4, -0.2) is 18.1 Å². The van der Waals surface area contributed by atoms with E-state index < -0.39 is 5.60 Å². The number of carbonyl (C=O) groups is 1. The summed E-state index contributed by atoms with van der Waals surface area (Å²) < 4.78 is 5.04. The third-order valence-corrected chi connectivity index (χ3v) is 1.09. The molecule has 0 aliphatic heterocycles. The zero-order valence-corrected chi connectivity index (χ0v) is 8.18. The van der Waals surface area contributed by atoms with Crippen molar-refractivity contribution in [2.24, 2.45) is 5.73 Å². The third kappa shape index (κ3) is 5.92. The number of esters is 1. The minimum Gasteiger partial charge on any atom is -0.457 e. The van der Waals surface area contributed by atoms with Crippen LogP contribution in [0.5, 0.6) is 0 Å². The van der Waals surface area contributed by atoms with E-state index in [2.05, 4.69) is 0 Å². The zero-order valence-electron chi connectivity index (χ0n) is 8.18. The summed E-state index contributed by atoms with van der Waals surface area (Å²) in [4.78, 5) is 11.1. The average molecular weight is 171 g/mol. The van der Waals surface area contributed by atoms with E-state index in [0.29, 0.717) is 6.54 Å². The predicted octanol–water partition coefficient (Wildman–Crippen LogP) is 1.23. The summed E-state index contributed by atoms with van der Waals surface area (Å²) in [6.07, 6.45) is 1.42. The molecule has 0 unspecified atom stereocenters. The van der Waals surface area contributed by atoms with E-state index in [1.165, 1.54) is 6.08 Å². The van der Waals surface area contributed by atoms with Crippen molar-refractivity contribution in [2.45, 2.75) is 33.3 Å². The van der Waals surface area contributed by atoms with Crippen LogP contribution < -0.4 is 5.73 Å². The van der Waals surface area contributed by atoms with Gasteiger partial charge in [0.15, 0.2) is 0 Å². The van der Waals surface area contributed by atoms with Gasteiger partial charge in [0.1, 0.15) is 5.60 Å². The van der Waals surface area contributed by atoms with Crippen molar-refractivity contribution in [3.05, 3.63) is 11.6 Å². The first-order chi connectivity index (χ1) is 5.35. The molecule has 3 nitrogen and oxygen atoms in total. The topological polar surface area (TPSA) is 52.3 Å². The third-order valence-electron chi connectivity index (χ3n) is 1.09. The van der Waals surface area contributed by atoms with Crippen LogP contribution in [0.2, 0.25) is 0 Å². The Morgan fingerprint density at radius 3 is 2.33 bits per heavy atom. The summed E-state index contributed by atoms with van der Waals surface area (Å²) in [6, 6.07) is 0. The molecule has 0 aliphatic rings. The molecule has 0 aromatic rings. The van der Waals surface area contributed by atoms with Gasteiger partial charge in [-0.2, -0.15) is 0 Å². The second-order valence-corrected chi connectivity index (χ2v) is 3.73. The Kier molecular flexibility index (Phi) is 3.96. The van der Waals surface area contributed by atoms with E-state index >= 15 is 0 Å². The van der Waals surface area contributed by atoms with Crippen molar-refractivity contribution in [1.29, 1.82) is 0 Å². The number of carbonyl (C=O) groups excluding carboxylic acids is 1. The maximum absolute atomic E-state index is 11.1. The fourth-order valence-corrected chi connectivity index (χ4v) is 0.591. The monoisotopic (exact) mass is 171 g/mol. The summed E-state index contributed by atoms with van der Waals surface area (Å²) in [5, 5.41) is 0. The quantitative estimate of drug-likeness (QED) is 0.502. The molecule has 0 atom stereocenters. The molecule has 0 amide bonds. The summed E-state index contributed by atoms with van der Waals surface area (Å²) >= 11 is 0. The highest BCUT2D eigenvalue weighted by Crippen LogP contribution is 2.07. The Labute approximate surface area is 73.6 Å². The Morgan fingerprint density at radius 1 is 1.50 bits per heavy atom. The lowest BCUT2D eigenvalue weighted by molar-refractivity contribution is -0.148. The van der Waals surface area contributed by atoms with Gasteiger partial charge in [0.05, 0.1) is 0 Å². The molecule has 2 N–H and O–H groups in total. The Morgan fingerprint density at radius 2 is 2.00 bits per heavy atom. The van der Waals surface area contributed by atoms with Crippen molar-refractivity contribution in [3.63, 3.8) is 0 Å². The van der Waals surface area contributed by atoms with Crippen LogP contribution in [0, 0.1) is 0 Å². The first kappa shape index (κ1) is 11.2. The maximum atomic E-state index is 11.1. The summed E-state index contributed by atoms with van der Waals surface area (Å²) in [7, 11) is 0. The molecule has 70 valence electrons. The van der Waals surface area contributed by atoms with Gasteiger partial charge < -0.3 is 10.5 Å². The van der Waals surface area contributed by atoms with Crippen LogP contribution in [0.4, 0.5) is 0 Å². The molecule has 0 saturated heterocycles. The molecular formula is C9H17NO2. The number of hydrogen-bond acceptors (Lipinski definition) is 3. The van der Waals surface area contributed by atoms with Crippen molar-refractivity contribution >= 4 is 5.97 Å². The van der Waals surface area contributed by atoms with Crippen LogP contribution >= 0.6 is 0 Å². The number of hydrogen-bond donors (Lipinski definition) is 1. The van der Waals surface area contributed by atoms with Crippen molar-refractivity contribution in [3.8, 4) is 0 Å². The Hall–Kier alpha value is -0.830. The lowest BCUT2D eigenvalue weighted by Crippen LogP contribution is -2.23. The molecule has 0 fully saturated rings. The van der Waals surface area contributed by atoms with Gasteiger partial charge in [-0.3, -0.25) is 0 Å². The Bertz CT molecular complexity index is 189. The van der Waals surface area contributed by atoms with E-state index in [4.69, 9.17) is 10.5 Å². The number of rotatable bonds is 2.